The first-order chi connectivity index (χ1) is 11.1. The van der Waals surface area contributed by atoms with E-state index in [2.05, 4.69) is 43.3 Å². The lowest BCUT2D eigenvalue weighted by Gasteiger charge is -2.06. The molecule has 0 fully saturated rings. The van der Waals surface area contributed by atoms with Gasteiger partial charge in [0, 0.05) is 6.21 Å². The van der Waals surface area contributed by atoms with Crippen LogP contribution in [0.15, 0.2) is 59.8 Å². The molecular weight excluding hydrogens is 286 g/mol. The molecule has 0 radical (unpaired) electrons. The summed E-state index contributed by atoms with van der Waals surface area (Å²) in [6.45, 7) is 4.13. The van der Waals surface area contributed by atoms with E-state index in [1.54, 1.807) is 6.21 Å². The summed E-state index contributed by atoms with van der Waals surface area (Å²) < 4.78 is 0. The van der Waals surface area contributed by atoms with Gasteiger partial charge in [-0.3, -0.25) is 0 Å². The zero-order valence-electron chi connectivity index (χ0n) is 13.7. The summed E-state index contributed by atoms with van der Waals surface area (Å²) >= 11 is 0. The van der Waals surface area contributed by atoms with E-state index in [1.165, 1.54) is 11.1 Å². The minimum Gasteiger partial charge on any atom is -0.319 e. The van der Waals surface area contributed by atoms with E-state index in [0.717, 1.165) is 12.0 Å². The van der Waals surface area contributed by atoms with E-state index in [1.807, 2.05) is 30.3 Å². The number of benzene rings is 2. The first-order valence-electron chi connectivity index (χ1n) is 7.96. The molecule has 0 aliphatic rings. The van der Waals surface area contributed by atoms with E-state index < -0.39 is 0 Å². The van der Waals surface area contributed by atoms with Gasteiger partial charge in [0.05, 0.1) is 6.42 Å². The molecule has 0 aliphatic heterocycles. The Labute approximate surface area is 138 Å². The summed E-state index contributed by atoms with van der Waals surface area (Å²) in [6, 6.07) is 18.3. The van der Waals surface area contributed by atoms with Crippen LogP contribution in [-0.4, -0.2) is 12.2 Å². The van der Waals surface area contributed by atoms with Crippen molar-refractivity contribution in [2.45, 2.75) is 33.1 Å². The number of aryl methyl sites for hydroxylation is 2. The number of hydrogen-bond acceptors (Lipinski definition) is 3. The summed E-state index contributed by atoms with van der Waals surface area (Å²) in [5.41, 5.74) is 3.63. The molecule has 2 rings (SSSR count). The number of rotatable bonds is 7. The Bertz CT molecular complexity index is 632. The molecule has 0 spiro atoms. The molecule has 0 saturated heterocycles. The molecular formula is C20H23NO2. The van der Waals surface area contributed by atoms with Gasteiger partial charge in [0.2, 0.25) is 0 Å². The van der Waals surface area contributed by atoms with Crippen LogP contribution in [-0.2, 0) is 22.5 Å². The van der Waals surface area contributed by atoms with Gasteiger partial charge < -0.3 is 4.84 Å². The normalized spacial score (nSPS) is 12.3. The highest BCUT2D eigenvalue weighted by Gasteiger charge is 2.04. The Morgan fingerprint density at radius 3 is 2.48 bits per heavy atom. The van der Waals surface area contributed by atoms with Gasteiger partial charge in [-0.1, -0.05) is 72.2 Å². The van der Waals surface area contributed by atoms with E-state index in [9.17, 15) is 4.79 Å². The number of nitrogens with zero attached hydrogens (tertiary/aromatic N) is 1. The maximum Gasteiger partial charge on any atom is 0.335 e. The van der Waals surface area contributed by atoms with Crippen LogP contribution in [0.3, 0.4) is 0 Å². The van der Waals surface area contributed by atoms with Crippen LogP contribution in [0.1, 0.15) is 30.0 Å². The summed E-state index contributed by atoms with van der Waals surface area (Å²) in [7, 11) is 0. The standard InChI is InChI=1S/C20H23NO2/c1-16-8-10-19(11-9-16)14-17(2)15-21-23-20(22)13-12-18-6-4-3-5-7-18/h3-11,15,17H,12-14H2,1-2H3. The van der Waals surface area contributed by atoms with Gasteiger partial charge >= 0.3 is 5.97 Å². The highest BCUT2D eigenvalue weighted by atomic mass is 16.7. The zero-order valence-corrected chi connectivity index (χ0v) is 13.7. The van der Waals surface area contributed by atoms with Gasteiger partial charge in [-0.05, 0) is 36.8 Å². The average Bonchev–Trinajstić information content (AvgIpc) is 2.56. The molecule has 23 heavy (non-hydrogen) atoms. The Morgan fingerprint density at radius 1 is 1.09 bits per heavy atom. The zero-order chi connectivity index (χ0) is 16.5. The van der Waals surface area contributed by atoms with Gasteiger partial charge in [-0.2, -0.15) is 0 Å². The Hall–Kier alpha value is -2.42. The molecule has 0 aromatic heterocycles. The fourth-order valence-electron chi connectivity index (χ4n) is 2.28. The van der Waals surface area contributed by atoms with E-state index in [4.69, 9.17) is 4.84 Å². The lowest BCUT2D eigenvalue weighted by atomic mass is 10.0. The van der Waals surface area contributed by atoms with Crippen molar-refractivity contribution in [3.05, 3.63) is 71.3 Å². The maximum absolute atomic E-state index is 11.7. The predicted molar refractivity (Wildman–Crippen MR) is 93.4 cm³/mol. The summed E-state index contributed by atoms with van der Waals surface area (Å²) in [6.07, 6.45) is 3.59. The number of carbonyl (C=O) groups excluding carboxylic acids is 1. The van der Waals surface area contributed by atoms with Crippen LogP contribution in [0.25, 0.3) is 0 Å². The fraction of sp³-hybridized carbons (Fsp3) is 0.300. The topological polar surface area (TPSA) is 38.7 Å². The van der Waals surface area contributed by atoms with Gasteiger partial charge in [-0.15, -0.1) is 0 Å². The average molecular weight is 309 g/mol. The third kappa shape index (κ3) is 6.47. The number of carbonyl (C=O) groups is 1. The van der Waals surface area contributed by atoms with Crippen molar-refractivity contribution in [2.24, 2.45) is 11.1 Å². The summed E-state index contributed by atoms with van der Waals surface area (Å²) in [4.78, 5) is 16.6. The van der Waals surface area contributed by atoms with Gasteiger partial charge in [0.25, 0.3) is 0 Å². The summed E-state index contributed by atoms with van der Waals surface area (Å²) in [5.74, 6) is -0.0766. The number of hydrogen-bond donors (Lipinski definition) is 0. The van der Waals surface area contributed by atoms with Crippen molar-refractivity contribution in [1.82, 2.24) is 0 Å². The molecule has 0 saturated carbocycles. The van der Waals surface area contributed by atoms with Crippen LogP contribution < -0.4 is 0 Å². The smallest absolute Gasteiger partial charge is 0.319 e. The van der Waals surface area contributed by atoms with Crippen LogP contribution in [0.5, 0.6) is 0 Å². The van der Waals surface area contributed by atoms with Crippen molar-refractivity contribution in [3.63, 3.8) is 0 Å². The van der Waals surface area contributed by atoms with Crippen LogP contribution in [0, 0.1) is 12.8 Å². The largest absolute Gasteiger partial charge is 0.335 e. The van der Waals surface area contributed by atoms with Crippen LogP contribution in [0.2, 0.25) is 0 Å². The van der Waals surface area contributed by atoms with Gasteiger partial charge in [0.15, 0.2) is 0 Å². The van der Waals surface area contributed by atoms with Crippen molar-refractivity contribution < 1.29 is 9.63 Å². The molecule has 0 bridgehead atoms. The second-order valence-electron chi connectivity index (χ2n) is 5.87. The quantitative estimate of drug-likeness (QED) is 0.433. The predicted octanol–water partition coefficient (Wildman–Crippen LogP) is 4.34. The van der Waals surface area contributed by atoms with Crippen molar-refractivity contribution >= 4 is 12.2 Å². The monoisotopic (exact) mass is 309 g/mol. The van der Waals surface area contributed by atoms with Crippen molar-refractivity contribution in [2.75, 3.05) is 0 Å². The molecule has 1 unspecified atom stereocenters. The minimum absolute atomic E-state index is 0.222. The summed E-state index contributed by atoms with van der Waals surface area (Å²) in [5, 5.41) is 3.82. The molecule has 2 aromatic rings. The Kier molecular flexibility index (Phi) is 6.55. The molecule has 3 heteroatoms. The molecule has 120 valence electrons. The molecule has 0 aliphatic carbocycles. The highest BCUT2D eigenvalue weighted by Crippen LogP contribution is 2.09. The van der Waals surface area contributed by atoms with E-state index >= 15 is 0 Å². The Morgan fingerprint density at radius 2 is 1.78 bits per heavy atom. The molecule has 1 atom stereocenters. The van der Waals surface area contributed by atoms with Crippen LogP contribution in [0.4, 0.5) is 0 Å². The third-order valence-corrected chi connectivity index (χ3v) is 3.61. The second kappa shape index (κ2) is 8.89. The fourth-order valence-corrected chi connectivity index (χ4v) is 2.28. The van der Waals surface area contributed by atoms with Gasteiger partial charge in [0.1, 0.15) is 0 Å². The van der Waals surface area contributed by atoms with Crippen molar-refractivity contribution in [1.29, 1.82) is 0 Å². The van der Waals surface area contributed by atoms with Crippen molar-refractivity contribution in [3.8, 4) is 0 Å². The maximum atomic E-state index is 11.7. The first-order valence-corrected chi connectivity index (χ1v) is 7.96. The molecule has 0 heterocycles. The SMILES string of the molecule is Cc1ccc(CC(C)C=NOC(=O)CCc2ccccc2)cc1. The molecule has 0 amide bonds. The molecule has 2 aromatic carbocycles. The molecule has 3 nitrogen and oxygen atoms in total. The van der Waals surface area contributed by atoms with E-state index in [0.29, 0.717) is 12.8 Å². The third-order valence-electron chi connectivity index (χ3n) is 3.61. The Balaban J connectivity index is 1.70. The molecule has 0 N–H and O–H groups in total. The second-order valence-corrected chi connectivity index (χ2v) is 5.87. The van der Waals surface area contributed by atoms with Gasteiger partial charge in [-0.25, -0.2) is 4.79 Å². The highest BCUT2D eigenvalue weighted by molar-refractivity contribution is 5.70. The number of oxime groups is 1. The first kappa shape index (κ1) is 16.9. The van der Waals surface area contributed by atoms with E-state index in [-0.39, 0.29) is 11.9 Å². The minimum atomic E-state index is -0.298. The van der Waals surface area contributed by atoms with Crippen LogP contribution >= 0.6 is 0 Å². The lowest BCUT2D eigenvalue weighted by molar-refractivity contribution is -0.143. The lowest BCUT2D eigenvalue weighted by Crippen LogP contribution is -2.05.